The lowest BCUT2D eigenvalue weighted by Crippen LogP contribution is -2.30. The van der Waals surface area contributed by atoms with E-state index in [4.69, 9.17) is 16.3 Å². The first-order valence-electron chi connectivity index (χ1n) is 9.57. The van der Waals surface area contributed by atoms with Gasteiger partial charge < -0.3 is 20.3 Å². The molecule has 0 fully saturated rings. The SMILES string of the molecule is CCN1C(=O)c2cc(NC(=O)NCc3ccc(Cl)cc3)ccc2Oc2ccccc21. The number of carbonyl (C=O) groups is 2. The summed E-state index contributed by atoms with van der Waals surface area (Å²) < 4.78 is 5.98. The molecule has 1 aliphatic heterocycles. The number of urea groups is 1. The highest BCUT2D eigenvalue weighted by Crippen LogP contribution is 2.39. The van der Waals surface area contributed by atoms with Gasteiger partial charge in [-0.2, -0.15) is 0 Å². The fourth-order valence-electron chi connectivity index (χ4n) is 3.28. The van der Waals surface area contributed by atoms with E-state index in [1.165, 1.54) is 0 Å². The number of ether oxygens (including phenoxy) is 1. The van der Waals surface area contributed by atoms with Crippen LogP contribution in [0.2, 0.25) is 5.02 Å². The van der Waals surface area contributed by atoms with Gasteiger partial charge in [-0.05, 0) is 55.0 Å². The Balaban J connectivity index is 1.51. The number of hydrogen-bond donors (Lipinski definition) is 2. The number of rotatable bonds is 4. The van der Waals surface area contributed by atoms with Crippen LogP contribution in [0.15, 0.2) is 66.7 Å². The van der Waals surface area contributed by atoms with Crippen molar-refractivity contribution in [3.8, 4) is 11.5 Å². The van der Waals surface area contributed by atoms with Gasteiger partial charge in [0.1, 0.15) is 5.75 Å². The number of fused-ring (bicyclic) bond motifs is 2. The number of halogens is 1. The molecule has 0 spiro atoms. The van der Waals surface area contributed by atoms with Crippen molar-refractivity contribution in [1.82, 2.24) is 5.32 Å². The Morgan fingerprint density at radius 3 is 2.57 bits per heavy atom. The van der Waals surface area contributed by atoms with Crippen LogP contribution in [-0.2, 0) is 6.54 Å². The van der Waals surface area contributed by atoms with Crippen LogP contribution >= 0.6 is 11.6 Å². The maximum absolute atomic E-state index is 13.1. The monoisotopic (exact) mass is 421 g/mol. The van der Waals surface area contributed by atoms with Crippen molar-refractivity contribution in [3.63, 3.8) is 0 Å². The maximum atomic E-state index is 13.1. The molecule has 0 saturated carbocycles. The molecule has 3 amide bonds. The fraction of sp³-hybridized carbons (Fsp3) is 0.130. The van der Waals surface area contributed by atoms with Crippen LogP contribution in [0.4, 0.5) is 16.2 Å². The lowest BCUT2D eigenvalue weighted by molar-refractivity contribution is 0.0988. The number of carbonyl (C=O) groups excluding carboxylic acids is 2. The van der Waals surface area contributed by atoms with E-state index in [0.29, 0.717) is 40.9 Å². The molecule has 0 aromatic heterocycles. The van der Waals surface area contributed by atoms with E-state index in [2.05, 4.69) is 10.6 Å². The van der Waals surface area contributed by atoms with Crippen LogP contribution < -0.4 is 20.3 Å². The molecule has 0 radical (unpaired) electrons. The maximum Gasteiger partial charge on any atom is 0.319 e. The van der Waals surface area contributed by atoms with E-state index in [9.17, 15) is 9.59 Å². The second kappa shape index (κ2) is 8.47. The molecule has 3 aromatic rings. The van der Waals surface area contributed by atoms with E-state index in [-0.39, 0.29) is 11.9 Å². The Morgan fingerprint density at radius 2 is 1.80 bits per heavy atom. The van der Waals surface area contributed by atoms with Crippen molar-refractivity contribution in [2.24, 2.45) is 0 Å². The number of para-hydroxylation sites is 2. The number of benzene rings is 3. The van der Waals surface area contributed by atoms with Gasteiger partial charge in [0, 0.05) is 23.8 Å². The number of amides is 3. The van der Waals surface area contributed by atoms with E-state index in [0.717, 1.165) is 11.3 Å². The lowest BCUT2D eigenvalue weighted by Gasteiger charge is -2.19. The summed E-state index contributed by atoms with van der Waals surface area (Å²) in [7, 11) is 0. The molecule has 6 nitrogen and oxygen atoms in total. The topological polar surface area (TPSA) is 70.7 Å². The van der Waals surface area contributed by atoms with Crippen LogP contribution in [0.3, 0.4) is 0 Å². The summed E-state index contributed by atoms with van der Waals surface area (Å²) in [5.41, 5.74) is 2.54. The van der Waals surface area contributed by atoms with Crippen molar-refractivity contribution in [2.75, 3.05) is 16.8 Å². The van der Waals surface area contributed by atoms with Gasteiger partial charge in [-0.15, -0.1) is 0 Å². The zero-order chi connectivity index (χ0) is 21.1. The van der Waals surface area contributed by atoms with Gasteiger partial charge in [0.15, 0.2) is 5.75 Å². The summed E-state index contributed by atoms with van der Waals surface area (Å²) in [5.74, 6) is 0.895. The van der Waals surface area contributed by atoms with Gasteiger partial charge in [-0.1, -0.05) is 35.9 Å². The molecule has 7 heteroatoms. The smallest absolute Gasteiger partial charge is 0.319 e. The van der Waals surface area contributed by atoms with Crippen molar-refractivity contribution < 1.29 is 14.3 Å². The van der Waals surface area contributed by atoms with Crippen LogP contribution in [0.1, 0.15) is 22.8 Å². The summed E-state index contributed by atoms with van der Waals surface area (Å²) in [6, 6.07) is 19.3. The van der Waals surface area contributed by atoms with Gasteiger partial charge in [0.25, 0.3) is 5.91 Å². The molecule has 3 aromatic carbocycles. The zero-order valence-electron chi connectivity index (χ0n) is 16.3. The molecule has 0 saturated heterocycles. The Morgan fingerprint density at radius 1 is 1.03 bits per heavy atom. The summed E-state index contributed by atoms with van der Waals surface area (Å²) >= 11 is 5.87. The Kier molecular flexibility index (Phi) is 5.59. The molecule has 0 unspecified atom stereocenters. The van der Waals surface area contributed by atoms with E-state index in [1.807, 2.05) is 43.3 Å². The first kappa shape index (κ1) is 19.8. The second-order valence-corrected chi connectivity index (χ2v) is 7.20. The summed E-state index contributed by atoms with van der Waals surface area (Å²) in [5, 5.41) is 6.19. The fourth-order valence-corrected chi connectivity index (χ4v) is 3.40. The number of anilines is 2. The Hall–Kier alpha value is -3.51. The average molecular weight is 422 g/mol. The van der Waals surface area contributed by atoms with Crippen molar-refractivity contribution in [2.45, 2.75) is 13.5 Å². The minimum Gasteiger partial charge on any atom is -0.454 e. The largest absolute Gasteiger partial charge is 0.454 e. The standard InChI is InChI=1S/C23H20ClN3O3/c1-2-27-19-5-3-4-6-21(19)30-20-12-11-17(13-18(20)22(27)28)26-23(29)25-14-15-7-9-16(24)10-8-15/h3-13H,2,14H2,1H3,(H2,25,26,29). The Bertz CT molecular complexity index is 1100. The molecular weight excluding hydrogens is 402 g/mol. The molecule has 0 atom stereocenters. The molecule has 0 aliphatic carbocycles. The normalized spacial score (nSPS) is 12.3. The third-order valence-corrected chi connectivity index (χ3v) is 5.02. The van der Waals surface area contributed by atoms with Crippen molar-refractivity contribution in [3.05, 3.63) is 82.9 Å². The zero-order valence-corrected chi connectivity index (χ0v) is 17.1. The third-order valence-electron chi connectivity index (χ3n) is 4.77. The first-order valence-corrected chi connectivity index (χ1v) is 9.95. The van der Waals surface area contributed by atoms with E-state index >= 15 is 0 Å². The van der Waals surface area contributed by atoms with E-state index < -0.39 is 0 Å². The van der Waals surface area contributed by atoms with Crippen LogP contribution in [0.25, 0.3) is 0 Å². The highest BCUT2D eigenvalue weighted by Gasteiger charge is 2.27. The van der Waals surface area contributed by atoms with Crippen LogP contribution in [-0.4, -0.2) is 18.5 Å². The summed E-state index contributed by atoms with van der Waals surface area (Å²) in [6.07, 6.45) is 0. The highest BCUT2D eigenvalue weighted by atomic mass is 35.5. The molecular formula is C23H20ClN3O3. The lowest BCUT2D eigenvalue weighted by atomic mass is 10.1. The minimum atomic E-state index is -0.373. The summed E-state index contributed by atoms with van der Waals surface area (Å²) in [4.78, 5) is 27.1. The van der Waals surface area contributed by atoms with Gasteiger partial charge in [-0.3, -0.25) is 4.79 Å². The van der Waals surface area contributed by atoms with Crippen LogP contribution in [0.5, 0.6) is 11.5 Å². The predicted molar refractivity (Wildman–Crippen MR) is 118 cm³/mol. The highest BCUT2D eigenvalue weighted by molar-refractivity contribution is 6.30. The minimum absolute atomic E-state index is 0.178. The number of nitrogens with one attached hydrogen (secondary N) is 2. The second-order valence-electron chi connectivity index (χ2n) is 6.76. The number of hydrogen-bond acceptors (Lipinski definition) is 3. The molecule has 152 valence electrons. The molecule has 1 heterocycles. The van der Waals surface area contributed by atoms with Crippen molar-refractivity contribution >= 4 is 34.9 Å². The first-order chi connectivity index (χ1) is 14.5. The van der Waals surface area contributed by atoms with Gasteiger partial charge in [0.2, 0.25) is 0 Å². The average Bonchev–Trinajstić information content (AvgIpc) is 2.87. The molecule has 1 aliphatic rings. The summed E-state index contributed by atoms with van der Waals surface area (Å²) in [6.45, 7) is 2.76. The molecule has 4 rings (SSSR count). The van der Waals surface area contributed by atoms with Crippen LogP contribution in [0, 0.1) is 0 Å². The Labute approximate surface area is 179 Å². The quantitative estimate of drug-likeness (QED) is 0.589. The number of nitrogens with zero attached hydrogens (tertiary/aromatic N) is 1. The van der Waals surface area contributed by atoms with Crippen molar-refractivity contribution in [1.29, 1.82) is 0 Å². The van der Waals surface area contributed by atoms with E-state index in [1.54, 1.807) is 35.2 Å². The molecule has 30 heavy (non-hydrogen) atoms. The van der Waals surface area contributed by atoms with Gasteiger partial charge in [0.05, 0.1) is 11.3 Å². The molecule has 2 N–H and O–H groups in total. The van der Waals surface area contributed by atoms with Gasteiger partial charge in [-0.25, -0.2) is 4.79 Å². The molecule has 0 bridgehead atoms. The van der Waals surface area contributed by atoms with Gasteiger partial charge >= 0.3 is 6.03 Å². The predicted octanol–water partition coefficient (Wildman–Crippen LogP) is 5.43. The third kappa shape index (κ3) is 4.09.